The van der Waals surface area contributed by atoms with Gasteiger partial charge in [-0.15, -0.1) is 11.8 Å². The molecule has 0 bridgehead atoms. The summed E-state index contributed by atoms with van der Waals surface area (Å²) < 4.78 is 22.2. The van der Waals surface area contributed by atoms with E-state index in [1.54, 1.807) is 20.8 Å². The summed E-state index contributed by atoms with van der Waals surface area (Å²) in [6.07, 6.45) is 2.49. The van der Waals surface area contributed by atoms with Gasteiger partial charge in [-0.05, 0) is 27.2 Å². The Morgan fingerprint density at radius 2 is 2.00 bits per heavy atom. The van der Waals surface area contributed by atoms with Crippen molar-refractivity contribution in [3.05, 3.63) is 0 Å². The van der Waals surface area contributed by atoms with Crippen LogP contribution in [0.3, 0.4) is 0 Å². The van der Waals surface area contributed by atoms with Gasteiger partial charge < -0.3 is 0 Å². The molecule has 1 atom stereocenters. The van der Waals surface area contributed by atoms with Crippen LogP contribution in [-0.2, 0) is 9.84 Å². The second kappa shape index (κ2) is 5.50. The quantitative estimate of drug-likeness (QED) is 0.410. The van der Waals surface area contributed by atoms with E-state index >= 15 is 0 Å². The van der Waals surface area contributed by atoms with E-state index in [2.05, 4.69) is 17.3 Å². The molecule has 0 rings (SSSR count). The molecule has 0 radical (unpaired) electrons. The van der Waals surface area contributed by atoms with Crippen molar-refractivity contribution in [2.75, 3.05) is 6.26 Å². The summed E-state index contributed by atoms with van der Waals surface area (Å²) in [5.74, 6) is 11.0. The van der Waals surface area contributed by atoms with Gasteiger partial charge in [0.1, 0.15) is 0 Å². The summed E-state index contributed by atoms with van der Waals surface area (Å²) in [6.45, 7) is 5.10. The predicted octanol–water partition coefficient (Wildman–Crippen LogP) is 0.445. The molecule has 0 heterocycles. The number of hydrogen-bond acceptors (Lipinski definition) is 4. The number of nitrogens with two attached hydrogens (primary N) is 1. The molecule has 0 aromatic heterocycles. The molecule has 0 saturated carbocycles. The predicted molar refractivity (Wildman–Crippen MR) is 62.7 cm³/mol. The molecular formula is C10H20N2O2S. The monoisotopic (exact) mass is 232 g/mol. The zero-order valence-corrected chi connectivity index (χ0v) is 10.6. The van der Waals surface area contributed by atoms with Gasteiger partial charge in [-0.1, -0.05) is 0 Å². The second-order valence-corrected chi connectivity index (χ2v) is 6.66. The van der Waals surface area contributed by atoms with Crippen LogP contribution in [0.4, 0.5) is 0 Å². The lowest BCUT2D eigenvalue weighted by atomic mass is 9.99. The van der Waals surface area contributed by atoms with Crippen LogP contribution in [0.25, 0.3) is 0 Å². The highest BCUT2D eigenvalue weighted by Gasteiger charge is 2.37. The molecule has 88 valence electrons. The Morgan fingerprint density at radius 3 is 2.33 bits per heavy atom. The largest absolute Gasteiger partial charge is 0.271 e. The summed E-state index contributed by atoms with van der Waals surface area (Å²) in [7, 11) is -3.14. The summed E-state index contributed by atoms with van der Waals surface area (Å²) in [5, 5.41) is 0. The Bertz CT molecular complexity index is 349. The Balaban J connectivity index is 4.71. The standard InChI is InChI=1S/C10H20N2O2S/c1-5-6-7-8-9(12-11)10(2,3)15(4,13)14/h9,12H,7-8,11H2,1-4H3. The maximum atomic E-state index is 11.6. The van der Waals surface area contributed by atoms with Gasteiger partial charge in [0.05, 0.1) is 4.75 Å². The number of rotatable bonds is 5. The molecule has 0 saturated heterocycles. The third-order valence-electron chi connectivity index (χ3n) is 2.73. The van der Waals surface area contributed by atoms with Gasteiger partial charge in [-0.3, -0.25) is 11.3 Å². The molecule has 0 spiro atoms. The highest BCUT2D eigenvalue weighted by molar-refractivity contribution is 7.92. The van der Waals surface area contributed by atoms with Crippen LogP contribution < -0.4 is 11.3 Å². The number of hydrogen-bond donors (Lipinski definition) is 2. The molecule has 5 heteroatoms. The van der Waals surface area contributed by atoms with Gasteiger partial charge in [0.2, 0.25) is 0 Å². The van der Waals surface area contributed by atoms with Gasteiger partial charge in [0.25, 0.3) is 0 Å². The minimum Gasteiger partial charge on any atom is -0.271 e. The Labute approximate surface area is 92.5 Å². The first kappa shape index (κ1) is 14.4. The average Bonchev–Trinajstić information content (AvgIpc) is 2.10. The van der Waals surface area contributed by atoms with Gasteiger partial charge >= 0.3 is 0 Å². The van der Waals surface area contributed by atoms with Crippen LogP contribution in [-0.4, -0.2) is 25.5 Å². The van der Waals surface area contributed by atoms with E-state index in [4.69, 9.17) is 5.84 Å². The van der Waals surface area contributed by atoms with Crippen molar-refractivity contribution in [1.82, 2.24) is 5.43 Å². The SMILES string of the molecule is CC#CCCC(NN)C(C)(C)S(C)(=O)=O. The van der Waals surface area contributed by atoms with Crippen molar-refractivity contribution in [1.29, 1.82) is 0 Å². The van der Waals surface area contributed by atoms with E-state index in [-0.39, 0.29) is 6.04 Å². The zero-order chi connectivity index (χ0) is 12.1. The van der Waals surface area contributed by atoms with Crippen LogP contribution in [0.2, 0.25) is 0 Å². The third-order valence-corrected chi connectivity index (χ3v) is 4.93. The maximum absolute atomic E-state index is 11.6. The zero-order valence-electron chi connectivity index (χ0n) is 9.79. The van der Waals surface area contributed by atoms with Crippen molar-refractivity contribution in [2.24, 2.45) is 5.84 Å². The van der Waals surface area contributed by atoms with Crippen LogP contribution in [0.5, 0.6) is 0 Å². The third kappa shape index (κ3) is 3.82. The molecule has 0 aromatic carbocycles. The smallest absolute Gasteiger partial charge is 0.154 e. The van der Waals surface area contributed by atoms with Crippen molar-refractivity contribution < 1.29 is 8.42 Å². The Hall–Kier alpha value is -0.570. The summed E-state index contributed by atoms with van der Waals surface area (Å²) in [5.41, 5.74) is 2.56. The van der Waals surface area contributed by atoms with Crippen LogP contribution >= 0.6 is 0 Å². The first-order valence-electron chi connectivity index (χ1n) is 4.82. The number of nitrogens with one attached hydrogen (secondary N) is 1. The highest BCUT2D eigenvalue weighted by atomic mass is 32.2. The van der Waals surface area contributed by atoms with E-state index in [0.717, 1.165) is 0 Å². The lowest BCUT2D eigenvalue weighted by Gasteiger charge is -2.31. The van der Waals surface area contributed by atoms with Crippen LogP contribution in [0, 0.1) is 11.8 Å². The second-order valence-electron chi connectivity index (χ2n) is 4.06. The molecule has 3 N–H and O–H groups in total. The van der Waals surface area contributed by atoms with E-state index < -0.39 is 14.6 Å². The topological polar surface area (TPSA) is 72.2 Å². The minimum absolute atomic E-state index is 0.284. The normalized spacial score (nSPS) is 14.2. The lowest BCUT2D eigenvalue weighted by molar-refractivity contribution is 0.398. The fourth-order valence-corrected chi connectivity index (χ4v) is 1.93. The van der Waals surface area contributed by atoms with E-state index in [9.17, 15) is 8.42 Å². The molecule has 0 aliphatic carbocycles. The van der Waals surface area contributed by atoms with Gasteiger partial charge in [-0.2, -0.15) is 0 Å². The number of hydrazine groups is 1. The first-order chi connectivity index (χ1) is 6.77. The molecule has 4 nitrogen and oxygen atoms in total. The summed E-state index contributed by atoms with van der Waals surface area (Å²) in [6, 6.07) is -0.284. The lowest BCUT2D eigenvalue weighted by Crippen LogP contribution is -2.53. The molecule has 0 amide bonds. The van der Waals surface area contributed by atoms with E-state index in [1.807, 2.05) is 0 Å². The minimum atomic E-state index is -3.14. The molecule has 1 unspecified atom stereocenters. The Morgan fingerprint density at radius 1 is 1.47 bits per heavy atom. The molecule has 0 aromatic rings. The molecular weight excluding hydrogens is 212 g/mol. The Kier molecular flexibility index (Phi) is 5.29. The van der Waals surface area contributed by atoms with Gasteiger partial charge in [0.15, 0.2) is 9.84 Å². The molecule has 0 aliphatic heterocycles. The number of sulfone groups is 1. The van der Waals surface area contributed by atoms with Gasteiger partial charge in [0, 0.05) is 18.7 Å². The average molecular weight is 232 g/mol. The van der Waals surface area contributed by atoms with E-state index in [0.29, 0.717) is 12.8 Å². The fraction of sp³-hybridized carbons (Fsp3) is 0.800. The van der Waals surface area contributed by atoms with Crippen molar-refractivity contribution >= 4 is 9.84 Å². The van der Waals surface area contributed by atoms with E-state index in [1.165, 1.54) is 6.26 Å². The first-order valence-corrected chi connectivity index (χ1v) is 6.71. The van der Waals surface area contributed by atoms with Crippen molar-refractivity contribution in [2.45, 2.75) is 44.4 Å². The molecule has 0 aliphatic rings. The van der Waals surface area contributed by atoms with Crippen molar-refractivity contribution in [3.63, 3.8) is 0 Å². The summed E-state index contributed by atoms with van der Waals surface area (Å²) in [4.78, 5) is 0. The molecule has 0 fully saturated rings. The molecule has 15 heavy (non-hydrogen) atoms. The fourth-order valence-electron chi connectivity index (χ4n) is 1.23. The highest BCUT2D eigenvalue weighted by Crippen LogP contribution is 2.22. The van der Waals surface area contributed by atoms with Crippen molar-refractivity contribution in [3.8, 4) is 11.8 Å². The van der Waals surface area contributed by atoms with Crippen LogP contribution in [0.1, 0.15) is 33.6 Å². The van der Waals surface area contributed by atoms with Crippen LogP contribution in [0.15, 0.2) is 0 Å². The summed E-state index contributed by atoms with van der Waals surface area (Å²) >= 11 is 0. The van der Waals surface area contributed by atoms with Gasteiger partial charge in [-0.25, -0.2) is 8.42 Å². The maximum Gasteiger partial charge on any atom is 0.154 e.